The van der Waals surface area contributed by atoms with Crippen molar-refractivity contribution >= 4 is 54.8 Å². The largest absolute Gasteiger partial charge is 0.456 e. The van der Waals surface area contributed by atoms with Crippen molar-refractivity contribution < 1.29 is 8.83 Å². The zero-order valence-electron chi connectivity index (χ0n) is 22.2. The molecule has 0 N–H and O–H groups in total. The lowest BCUT2D eigenvalue weighted by Gasteiger charge is -2.09. The Morgan fingerprint density at radius 2 is 1.14 bits per heavy atom. The van der Waals surface area contributed by atoms with E-state index in [1.165, 1.54) is 0 Å². The van der Waals surface area contributed by atoms with Gasteiger partial charge in [0.1, 0.15) is 22.4 Å². The van der Waals surface area contributed by atoms with Crippen LogP contribution in [0.1, 0.15) is 0 Å². The summed E-state index contributed by atoms with van der Waals surface area (Å²) in [4.78, 5) is 19.7. The van der Waals surface area contributed by atoms with Crippen LogP contribution in [0.4, 0.5) is 0 Å². The first-order valence-corrected chi connectivity index (χ1v) is 13.7. The van der Waals surface area contributed by atoms with E-state index in [1.807, 2.05) is 97.1 Å². The van der Waals surface area contributed by atoms with Crippen molar-refractivity contribution in [2.75, 3.05) is 0 Å². The molecule has 0 fully saturated rings. The predicted octanol–water partition coefficient (Wildman–Crippen LogP) is 9.22. The molecule has 5 aromatic carbocycles. The van der Waals surface area contributed by atoms with Crippen LogP contribution in [0, 0.1) is 0 Å². The average Bonchev–Trinajstić information content (AvgIpc) is 3.63. The minimum Gasteiger partial charge on any atom is -0.456 e. The molecule has 9 aromatic rings. The van der Waals surface area contributed by atoms with Crippen LogP contribution in [0.3, 0.4) is 0 Å². The molecule has 0 saturated heterocycles. The van der Waals surface area contributed by atoms with Gasteiger partial charge in [0, 0.05) is 32.7 Å². The number of furan rings is 2. The van der Waals surface area contributed by atoms with E-state index in [0.717, 1.165) is 60.2 Å². The molecule has 6 nitrogen and oxygen atoms in total. The van der Waals surface area contributed by atoms with Crippen molar-refractivity contribution in [3.63, 3.8) is 0 Å². The van der Waals surface area contributed by atoms with Crippen molar-refractivity contribution in [3.8, 4) is 34.3 Å². The maximum Gasteiger partial charge on any atom is 0.227 e. The van der Waals surface area contributed by atoms with Gasteiger partial charge in [0.15, 0.2) is 17.5 Å². The fraction of sp³-hybridized carbons (Fsp3) is 0. The molecule has 0 spiro atoms. The van der Waals surface area contributed by atoms with Crippen molar-refractivity contribution in [3.05, 3.63) is 121 Å². The maximum atomic E-state index is 6.25. The molecule has 0 radical (unpaired) electrons. The summed E-state index contributed by atoms with van der Waals surface area (Å²) in [5, 5.41) is 6.29. The van der Waals surface area contributed by atoms with E-state index in [-0.39, 0.29) is 0 Å². The molecule has 4 heterocycles. The van der Waals surface area contributed by atoms with Crippen LogP contribution in [-0.2, 0) is 0 Å². The Morgan fingerprint density at radius 1 is 0.405 bits per heavy atom. The van der Waals surface area contributed by atoms with E-state index in [0.29, 0.717) is 28.9 Å². The molecule has 6 heteroatoms. The summed E-state index contributed by atoms with van der Waals surface area (Å²) >= 11 is 0. The Hall–Kier alpha value is -5.88. The molecule has 0 aliphatic rings. The highest BCUT2D eigenvalue weighted by Gasteiger charge is 2.19. The number of para-hydroxylation sites is 1. The normalized spacial score (nSPS) is 11.8. The number of aromatic nitrogens is 4. The van der Waals surface area contributed by atoms with Crippen LogP contribution in [0.15, 0.2) is 130 Å². The molecule has 42 heavy (non-hydrogen) atoms. The second-order valence-corrected chi connectivity index (χ2v) is 10.3. The molecule has 0 aliphatic heterocycles. The summed E-state index contributed by atoms with van der Waals surface area (Å²) in [6, 6.07) is 40.3. The third-order valence-electron chi connectivity index (χ3n) is 7.77. The van der Waals surface area contributed by atoms with Crippen LogP contribution in [-0.4, -0.2) is 19.9 Å². The zero-order valence-corrected chi connectivity index (χ0v) is 22.2. The molecular weight excluding hydrogens is 520 g/mol. The van der Waals surface area contributed by atoms with E-state index < -0.39 is 0 Å². The summed E-state index contributed by atoms with van der Waals surface area (Å²) in [6.07, 6.45) is 0. The van der Waals surface area contributed by atoms with Gasteiger partial charge in [-0.15, -0.1) is 0 Å². The topological polar surface area (TPSA) is 77.8 Å². The molecule has 0 atom stereocenters. The van der Waals surface area contributed by atoms with Gasteiger partial charge in [-0.1, -0.05) is 91.0 Å². The quantitative estimate of drug-likeness (QED) is 0.222. The Kier molecular flexibility index (Phi) is 4.80. The van der Waals surface area contributed by atoms with Gasteiger partial charge in [0.05, 0.1) is 0 Å². The average molecular weight is 541 g/mol. The summed E-state index contributed by atoms with van der Waals surface area (Å²) < 4.78 is 12.4. The molecule has 0 saturated carbocycles. The number of fused-ring (bicyclic) bond motifs is 8. The standard InChI is InChI=1S/C36H20N4O2/c1-2-10-22(11-3-1)33-38-34(25-14-8-16-29-32(25)24-13-6-7-15-28(24)41-29)40-35(39-33)27-19-18-26-31-23-12-5-4-9-21(23)17-20-30(31)42-36(26)37-27/h1-20H. The fourth-order valence-corrected chi connectivity index (χ4v) is 5.84. The molecule has 0 amide bonds. The van der Waals surface area contributed by atoms with E-state index in [4.69, 9.17) is 28.8 Å². The lowest BCUT2D eigenvalue weighted by Crippen LogP contribution is -2.01. The number of benzene rings is 5. The van der Waals surface area contributed by atoms with Crippen molar-refractivity contribution in [2.24, 2.45) is 0 Å². The Morgan fingerprint density at radius 3 is 2.07 bits per heavy atom. The lowest BCUT2D eigenvalue weighted by molar-refractivity contribution is 0.654. The maximum absolute atomic E-state index is 6.25. The SMILES string of the molecule is c1ccc(-c2nc(-c3ccc4c(n3)oc3ccc5ccccc5c34)nc(-c3cccc4oc5ccccc5c34)n2)cc1. The van der Waals surface area contributed by atoms with E-state index in [2.05, 4.69) is 24.3 Å². The Labute approximate surface area is 238 Å². The van der Waals surface area contributed by atoms with Gasteiger partial charge >= 0.3 is 0 Å². The monoisotopic (exact) mass is 540 g/mol. The van der Waals surface area contributed by atoms with Gasteiger partial charge in [-0.3, -0.25) is 0 Å². The highest BCUT2D eigenvalue weighted by atomic mass is 16.3. The van der Waals surface area contributed by atoms with Crippen LogP contribution in [0.25, 0.3) is 89.1 Å². The number of hydrogen-bond acceptors (Lipinski definition) is 6. The van der Waals surface area contributed by atoms with Gasteiger partial charge in [0.25, 0.3) is 0 Å². The van der Waals surface area contributed by atoms with E-state index in [9.17, 15) is 0 Å². The van der Waals surface area contributed by atoms with Gasteiger partial charge in [-0.2, -0.15) is 0 Å². The number of hydrogen-bond donors (Lipinski definition) is 0. The number of nitrogens with zero attached hydrogens (tertiary/aromatic N) is 4. The summed E-state index contributed by atoms with van der Waals surface area (Å²) in [5.41, 5.74) is 5.32. The third-order valence-corrected chi connectivity index (χ3v) is 7.77. The van der Waals surface area contributed by atoms with Crippen molar-refractivity contribution in [2.45, 2.75) is 0 Å². The van der Waals surface area contributed by atoms with Crippen LogP contribution in [0.5, 0.6) is 0 Å². The van der Waals surface area contributed by atoms with Gasteiger partial charge in [-0.25, -0.2) is 19.9 Å². The molecule has 0 bridgehead atoms. The summed E-state index contributed by atoms with van der Waals surface area (Å²) in [5.74, 6) is 1.59. The second-order valence-electron chi connectivity index (χ2n) is 10.3. The molecule has 0 unspecified atom stereocenters. The Balaban J connectivity index is 1.29. The van der Waals surface area contributed by atoms with E-state index in [1.54, 1.807) is 0 Å². The Bertz CT molecular complexity index is 2480. The lowest BCUT2D eigenvalue weighted by atomic mass is 10.0. The highest BCUT2D eigenvalue weighted by molar-refractivity contribution is 6.18. The predicted molar refractivity (Wildman–Crippen MR) is 166 cm³/mol. The fourth-order valence-electron chi connectivity index (χ4n) is 5.84. The summed E-state index contributed by atoms with van der Waals surface area (Å²) in [7, 11) is 0. The first-order valence-electron chi connectivity index (χ1n) is 13.7. The molecule has 4 aromatic heterocycles. The zero-order chi connectivity index (χ0) is 27.6. The first-order chi connectivity index (χ1) is 20.8. The number of pyridine rings is 1. The molecule has 9 rings (SSSR count). The molecule has 196 valence electrons. The van der Waals surface area contributed by atoms with Gasteiger partial charge in [-0.05, 0) is 41.1 Å². The number of rotatable bonds is 3. The first kappa shape index (κ1) is 22.9. The highest BCUT2D eigenvalue weighted by Crippen LogP contribution is 2.37. The van der Waals surface area contributed by atoms with Gasteiger partial charge < -0.3 is 8.83 Å². The van der Waals surface area contributed by atoms with Crippen LogP contribution in [0.2, 0.25) is 0 Å². The smallest absolute Gasteiger partial charge is 0.227 e. The van der Waals surface area contributed by atoms with Gasteiger partial charge in [0.2, 0.25) is 5.71 Å². The van der Waals surface area contributed by atoms with Crippen LogP contribution < -0.4 is 0 Å². The molecule has 0 aliphatic carbocycles. The minimum absolute atomic E-state index is 0.468. The second kappa shape index (κ2) is 8.81. The van der Waals surface area contributed by atoms with E-state index >= 15 is 0 Å². The van der Waals surface area contributed by atoms with Crippen molar-refractivity contribution in [1.29, 1.82) is 0 Å². The van der Waals surface area contributed by atoms with Crippen LogP contribution >= 0.6 is 0 Å². The third kappa shape index (κ3) is 3.45. The molecular formula is C36H20N4O2. The summed E-state index contributed by atoms with van der Waals surface area (Å²) in [6.45, 7) is 0. The minimum atomic E-state index is 0.468. The van der Waals surface area contributed by atoms with Crippen molar-refractivity contribution in [1.82, 2.24) is 19.9 Å².